The van der Waals surface area contributed by atoms with Crippen molar-refractivity contribution in [3.63, 3.8) is 0 Å². The van der Waals surface area contributed by atoms with Crippen molar-refractivity contribution in [3.05, 3.63) is 0 Å². The normalized spacial score (nSPS) is 19.4. The van der Waals surface area contributed by atoms with E-state index in [0.29, 0.717) is 6.54 Å². The third-order valence-electron chi connectivity index (χ3n) is 2.84. The van der Waals surface area contributed by atoms with Crippen molar-refractivity contribution in [1.82, 2.24) is 15.5 Å². The Hall–Kier alpha value is -1.10. The molecule has 1 aliphatic heterocycles. The van der Waals surface area contributed by atoms with Gasteiger partial charge in [0, 0.05) is 12.6 Å². The molecule has 0 saturated carbocycles. The first-order valence-electron chi connectivity index (χ1n) is 6.36. The number of hydrogen-bond acceptors (Lipinski definition) is 3. The van der Waals surface area contributed by atoms with Gasteiger partial charge in [0.05, 0.1) is 12.6 Å². The molecular formula is C12H23N3O2. The zero-order valence-corrected chi connectivity index (χ0v) is 11.0. The van der Waals surface area contributed by atoms with Crippen molar-refractivity contribution in [2.45, 2.75) is 45.7 Å². The largest absolute Gasteiger partial charge is 0.352 e. The van der Waals surface area contributed by atoms with E-state index in [0.717, 1.165) is 19.4 Å². The van der Waals surface area contributed by atoms with Gasteiger partial charge in [0.15, 0.2) is 0 Å². The summed E-state index contributed by atoms with van der Waals surface area (Å²) in [4.78, 5) is 25.3. The first kappa shape index (κ1) is 14.0. The Morgan fingerprint density at radius 1 is 1.47 bits per heavy atom. The van der Waals surface area contributed by atoms with E-state index in [4.69, 9.17) is 0 Å². The molecule has 1 rings (SSSR count). The van der Waals surface area contributed by atoms with Gasteiger partial charge < -0.3 is 15.5 Å². The Bertz CT molecular complexity index is 273. The lowest BCUT2D eigenvalue weighted by Crippen LogP contribution is -2.48. The molecule has 0 aromatic rings. The minimum atomic E-state index is -0.0956. The number of nitrogens with one attached hydrogen (secondary N) is 2. The Morgan fingerprint density at radius 2 is 2.18 bits per heavy atom. The molecule has 5 nitrogen and oxygen atoms in total. The third kappa shape index (κ3) is 4.34. The van der Waals surface area contributed by atoms with Crippen molar-refractivity contribution in [1.29, 1.82) is 0 Å². The van der Waals surface area contributed by atoms with Crippen LogP contribution in [-0.4, -0.2) is 48.4 Å². The molecule has 0 aromatic carbocycles. The topological polar surface area (TPSA) is 61.4 Å². The van der Waals surface area contributed by atoms with Crippen molar-refractivity contribution in [3.8, 4) is 0 Å². The van der Waals surface area contributed by atoms with Crippen LogP contribution in [0, 0.1) is 0 Å². The average molecular weight is 241 g/mol. The van der Waals surface area contributed by atoms with E-state index < -0.39 is 0 Å². The molecule has 2 N–H and O–H groups in total. The van der Waals surface area contributed by atoms with Crippen molar-refractivity contribution in [2.24, 2.45) is 0 Å². The van der Waals surface area contributed by atoms with Crippen LogP contribution in [0.1, 0.15) is 33.6 Å². The van der Waals surface area contributed by atoms with Gasteiger partial charge in [-0.3, -0.25) is 9.59 Å². The number of rotatable bonds is 5. The molecule has 1 aliphatic rings. The van der Waals surface area contributed by atoms with Crippen molar-refractivity contribution < 1.29 is 9.59 Å². The maximum atomic E-state index is 12.1. The molecule has 0 spiro atoms. The lowest BCUT2D eigenvalue weighted by molar-refractivity contribution is -0.137. The average Bonchev–Trinajstić information content (AvgIpc) is 2.77. The third-order valence-corrected chi connectivity index (χ3v) is 2.84. The van der Waals surface area contributed by atoms with E-state index >= 15 is 0 Å². The van der Waals surface area contributed by atoms with E-state index in [9.17, 15) is 9.59 Å². The fraction of sp³-hybridized carbons (Fsp3) is 0.833. The van der Waals surface area contributed by atoms with E-state index in [2.05, 4.69) is 10.6 Å². The maximum Gasteiger partial charge on any atom is 0.240 e. The van der Waals surface area contributed by atoms with Gasteiger partial charge in [-0.2, -0.15) is 0 Å². The monoisotopic (exact) mass is 241 g/mol. The summed E-state index contributed by atoms with van der Waals surface area (Å²) in [6, 6.07) is 0.0164. The zero-order chi connectivity index (χ0) is 12.8. The molecule has 0 radical (unpaired) electrons. The highest BCUT2D eigenvalue weighted by Crippen LogP contribution is 2.08. The number of carbonyl (C=O) groups is 2. The lowest BCUT2D eigenvalue weighted by atomic mass is 10.2. The fourth-order valence-electron chi connectivity index (χ4n) is 2.00. The van der Waals surface area contributed by atoms with Gasteiger partial charge in [-0.05, 0) is 40.2 Å². The summed E-state index contributed by atoms with van der Waals surface area (Å²) in [7, 11) is 0. The molecule has 1 saturated heterocycles. The molecule has 5 heteroatoms. The second-order valence-electron chi connectivity index (χ2n) is 4.72. The van der Waals surface area contributed by atoms with E-state index in [1.54, 1.807) is 4.90 Å². The van der Waals surface area contributed by atoms with E-state index in [-0.39, 0.29) is 30.4 Å². The Labute approximate surface area is 103 Å². The molecule has 0 bridgehead atoms. The molecule has 0 aliphatic carbocycles. The van der Waals surface area contributed by atoms with Crippen LogP contribution >= 0.6 is 0 Å². The zero-order valence-electron chi connectivity index (χ0n) is 11.0. The van der Waals surface area contributed by atoms with Crippen LogP contribution in [0.4, 0.5) is 0 Å². The number of hydrogen-bond donors (Lipinski definition) is 2. The summed E-state index contributed by atoms with van der Waals surface area (Å²) < 4.78 is 0. The number of likely N-dealkylation sites (N-methyl/N-ethyl adjacent to an activating group) is 1. The fourth-order valence-corrected chi connectivity index (χ4v) is 2.00. The highest BCUT2D eigenvalue weighted by atomic mass is 16.2. The van der Waals surface area contributed by atoms with Crippen LogP contribution in [-0.2, 0) is 9.59 Å². The van der Waals surface area contributed by atoms with Crippen LogP contribution < -0.4 is 10.6 Å². The minimum Gasteiger partial charge on any atom is -0.352 e. The van der Waals surface area contributed by atoms with Crippen LogP contribution in [0.15, 0.2) is 0 Å². The van der Waals surface area contributed by atoms with Gasteiger partial charge in [-0.15, -0.1) is 0 Å². The summed E-state index contributed by atoms with van der Waals surface area (Å²) in [6.07, 6.45) is 1.91. The number of carbonyl (C=O) groups excluding carboxylic acids is 2. The second kappa shape index (κ2) is 6.59. The summed E-state index contributed by atoms with van der Waals surface area (Å²) in [5.41, 5.74) is 0. The van der Waals surface area contributed by atoms with Gasteiger partial charge >= 0.3 is 0 Å². The first-order chi connectivity index (χ1) is 8.04. The highest BCUT2D eigenvalue weighted by molar-refractivity contribution is 5.87. The number of amides is 2. The molecule has 1 fully saturated rings. The van der Waals surface area contributed by atoms with Gasteiger partial charge in [0.1, 0.15) is 0 Å². The standard InChI is InChI=1S/C12H23N3O2/c1-4-15(8-11(16)14-9(2)3)12(17)10-6-5-7-13-10/h9-10,13H,4-8H2,1-3H3,(H,14,16)/t10-/m1/s1. The Morgan fingerprint density at radius 3 is 2.65 bits per heavy atom. The lowest BCUT2D eigenvalue weighted by Gasteiger charge is -2.24. The molecule has 98 valence electrons. The quantitative estimate of drug-likeness (QED) is 0.718. The van der Waals surface area contributed by atoms with Gasteiger partial charge in [-0.1, -0.05) is 0 Å². The van der Waals surface area contributed by atoms with Gasteiger partial charge in [0.25, 0.3) is 0 Å². The molecule has 1 heterocycles. The molecule has 0 unspecified atom stereocenters. The van der Waals surface area contributed by atoms with E-state index in [1.807, 2.05) is 20.8 Å². The summed E-state index contributed by atoms with van der Waals surface area (Å²) in [5.74, 6) is -0.0443. The van der Waals surface area contributed by atoms with Crippen LogP contribution in [0.3, 0.4) is 0 Å². The Kier molecular flexibility index (Phi) is 5.41. The molecule has 2 amide bonds. The number of nitrogens with zero attached hydrogens (tertiary/aromatic N) is 1. The molecular weight excluding hydrogens is 218 g/mol. The van der Waals surface area contributed by atoms with Crippen LogP contribution in [0.5, 0.6) is 0 Å². The Balaban J connectivity index is 2.46. The molecule has 0 aromatic heterocycles. The summed E-state index contributed by atoms with van der Waals surface area (Å²) >= 11 is 0. The molecule has 17 heavy (non-hydrogen) atoms. The predicted molar refractivity (Wildman–Crippen MR) is 66.6 cm³/mol. The second-order valence-corrected chi connectivity index (χ2v) is 4.72. The van der Waals surface area contributed by atoms with E-state index in [1.165, 1.54) is 0 Å². The summed E-state index contributed by atoms with van der Waals surface area (Å²) in [5, 5.41) is 5.96. The smallest absolute Gasteiger partial charge is 0.240 e. The summed E-state index contributed by atoms with van der Waals surface area (Å²) in [6.45, 7) is 7.35. The maximum absolute atomic E-state index is 12.1. The minimum absolute atomic E-state index is 0.0453. The van der Waals surface area contributed by atoms with Gasteiger partial charge in [0.2, 0.25) is 11.8 Å². The van der Waals surface area contributed by atoms with Crippen LogP contribution in [0.2, 0.25) is 0 Å². The van der Waals surface area contributed by atoms with Crippen molar-refractivity contribution in [2.75, 3.05) is 19.6 Å². The van der Waals surface area contributed by atoms with Crippen molar-refractivity contribution >= 4 is 11.8 Å². The van der Waals surface area contributed by atoms with Crippen LogP contribution in [0.25, 0.3) is 0 Å². The first-order valence-corrected chi connectivity index (χ1v) is 6.36. The van der Waals surface area contributed by atoms with Gasteiger partial charge in [-0.25, -0.2) is 0 Å². The highest BCUT2D eigenvalue weighted by Gasteiger charge is 2.27. The SMILES string of the molecule is CCN(CC(=O)NC(C)C)C(=O)[C@H]1CCCN1. The predicted octanol–water partition coefficient (Wildman–Crippen LogP) is 0.112. The molecule has 1 atom stereocenters.